The fourth-order valence-corrected chi connectivity index (χ4v) is 3.48. The molecule has 164 valence electrons. The van der Waals surface area contributed by atoms with Gasteiger partial charge in [-0.2, -0.15) is 10.2 Å². The monoisotopic (exact) mass is 440 g/mol. The van der Waals surface area contributed by atoms with E-state index < -0.39 is 45.4 Å². The first-order chi connectivity index (χ1) is 13.6. The van der Waals surface area contributed by atoms with Crippen LogP contribution >= 0.6 is 0 Å². The van der Waals surface area contributed by atoms with Crippen LogP contribution in [0.5, 0.6) is 0 Å². The second-order valence-electron chi connectivity index (χ2n) is 7.93. The van der Waals surface area contributed by atoms with Crippen molar-refractivity contribution in [3.05, 3.63) is 29.8 Å². The molecule has 1 aliphatic heterocycles. The Bertz CT molecular complexity index is 1010. The molecule has 3 amide bonds. The number of sulfone groups is 1. The van der Waals surface area contributed by atoms with E-state index in [2.05, 4.69) is 5.10 Å². The van der Waals surface area contributed by atoms with E-state index in [0.717, 1.165) is 11.3 Å². The lowest BCUT2D eigenvalue weighted by Gasteiger charge is -2.38. The highest BCUT2D eigenvalue weighted by atomic mass is 32.2. The molecule has 0 saturated carbocycles. The Morgan fingerprint density at radius 2 is 1.80 bits per heavy atom. The summed E-state index contributed by atoms with van der Waals surface area (Å²) in [7, 11) is -3.47. The van der Waals surface area contributed by atoms with E-state index in [-0.39, 0.29) is 16.2 Å². The molecule has 1 heterocycles. The molecule has 0 radical (unpaired) electrons. The van der Waals surface area contributed by atoms with E-state index in [9.17, 15) is 27.9 Å². The van der Waals surface area contributed by atoms with Crippen molar-refractivity contribution in [2.75, 3.05) is 12.8 Å². The number of hydrazone groups is 1. The summed E-state index contributed by atoms with van der Waals surface area (Å²) >= 11 is 0. The van der Waals surface area contributed by atoms with Gasteiger partial charge in [-0.1, -0.05) is 12.1 Å². The highest BCUT2D eigenvalue weighted by Crippen LogP contribution is 2.33. The molecule has 0 spiro atoms. The molecule has 0 saturated heterocycles. The normalized spacial score (nSPS) is 19.6. The van der Waals surface area contributed by atoms with Gasteiger partial charge in [0.25, 0.3) is 5.91 Å². The van der Waals surface area contributed by atoms with Crippen molar-refractivity contribution in [1.29, 1.82) is 0 Å². The lowest BCUT2D eigenvalue weighted by Crippen LogP contribution is -2.61. The van der Waals surface area contributed by atoms with E-state index in [1.807, 2.05) is 0 Å². The quantitative estimate of drug-likeness (QED) is 0.612. The summed E-state index contributed by atoms with van der Waals surface area (Å²) in [5.41, 5.74) is 2.47. The van der Waals surface area contributed by atoms with Crippen molar-refractivity contribution >= 4 is 33.5 Å². The van der Waals surface area contributed by atoms with Crippen molar-refractivity contribution < 1.29 is 32.7 Å². The number of nitrogens with two attached hydrogens (primary N) is 1. The van der Waals surface area contributed by atoms with Crippen molar-refractivity contribution in [2.45, 2.75) is 43.7 Å². The molecule has 3 N–H and O–H groups in total. The van der Waals surface area contributed by atoms with E-state index in [4.69, 9.17) is 10.6 Å². The Morgan fingerprint density at radius 1 is 1.27 bits per heavy atom. The summed E-state index contributed by atoms with van der Waals surface area (Å²) in [6.45, 7) is 5.53. The van der Waals surface area contributed by atoms with E-state index >= 15 is 0 Å². The Balaban J connectivity index is 2.65. The first kappa shape index (κ1) is 23.3. The van der Waals surface area contributed by atoms with Gasteiger partial charge < -0.3 is 10.8 Å². The number of hydroxylamine groups is 2. The number of carbonyl (C=O) groups excluding carboxylic acids is 2. The van der Waals surface area contributed by atoms with Crippen molar-refractivity contribution in [2.24, 2.45) is 10.8 Å². The van der Waals surface area contributed by atoms with Crippen LogP contribution in [0.1, 0.15) is 33.3 Å². The van der Waals surface area contributed by atoms with Gasteiger partial charge in [0.15, 0.2) is 15.4 Å². The smallest absolute Gasteiger partial charge is 0.432 e. The first-order valence-corrected chi connectivity index (χ1v) is 10.7. The van der Waals surface area contributed by atoms with Gasteiger partial charge in [-0.05, 0) is 39.8 Å². The van der Waals surface area contributed by atoms with Gasteiger partial charge in [0, 0.05) is 11.8 Å². The summed E-state index contributed by atoms with van der Waals surface area (Å²) < 4.78 is 23.4. The summed E-state index contributed by atoms with van der Waals surface area (Å²) in [6, 6.07) is 5.41. The zero-order valence-corrected chi connectivity index (χ0v) is 18.1. The lowest BCUT2D eigenvalue weighted by molar-refractivity contribution is -0.231. The maximum Gasteiger partial charge on any atom is 0.432 e. The van der Waals surface area contributed by atoms with Crippen LogP contribution in [-0.4, -0.2) is 71.2 Å². The molecule has 0 fully saturated rings. The Hall–Kier alpha value is -2.99. The molecular weight excluding hydrogens is 416 g/mol. The number of hydrogen-bond acceptors (Lipinski definition) is 7. The fraction of sp³-hybridized carbons (Fsp3) is 0.444. The number of benzene rings is 1. The van der Waals surface area contributed by atoms with Crippen molar-refractivity contribution in [3.63, 3.8) is 0 Å². The van der Waals surface area contributed by atoms with E-state index in [1.54, 1.807) is 20.8 Å². The lowest BCUT2D eigenvalue weighted by atomic mass is 9.90. The maximum atomic E-state index is 13.1. The average molecular weight is 440 g/mol. The highest BCUT2D eigenvalue weighted by Gasteiger charge is 2.56. The Labute approximate surface area is 174 Å². The number of amides is 3. The van der Waals surface area contributed by atoms with Crippen LogP contribution in [0.3, 0.4) is 0 Å². The number of carbonyl (C=O) groups is 3. The summed E-state index contributed by atoms with van der Waals surface area (Å²) in [5, 5.41) is 15.1. The molecule has 12 heteroatoms. The topological polar surface area (TPSA) is 160 Å². The molecule has 0 aromatic heterocycles. The zero-order chi connectivity index (χ0) is 23.1. The van der Waals surface area contributed by atoms with Crippen molar-refractivity contribution in [3.8, 4) is 0 Å². The molecule has 1 aromatic rings. The van der Waals surface area contributed by atoms with Crippen LogP contribution in [-0.2, 0) is 24.3 Å². The van der Waals surface area contributed by atoms with Crippen molar-refractivity contribution in [1.82, 2.24) is 10.1 Å². The Morgan fingerprint density at radius 3 is 2.20 bits per heavy atom. The summed E-state index contributed by atoms with van der Waals surface area (Å²) in [4.78, 5) is 42.1. The molecule has 2 rings (SSSR count). The molecular formula is C18H24N4O7S. The van der Waals surface area contributed by atoms with Crippen LogP contribution < -0.4 is 5.73 Å². The molecule has 30 heavy (non-hydrogen) atoms. The molecule has 0 aliphatic carbocycles. The molecule has 1 aromatic carbocycles. The Kier molecular flexibility index (Phi) is 5.97. The maximum absolute atomic E-state index is 13.1. The second-order valence-corrected chi connectivity index (χ2v) is 9.94. The minimum atomic E-state index is -3.47. The number of rotatable bonds is 6. The van der Waals surface area contributed by atoms with Gasteiger partial charge in [0.1, 0.15) is 12.3 Å². The van der Waals surface area contributed by atoms with Gasteiger partial charge >= 0.3 is 6.09 Å². The minimum absolute atomic E-state index is 0.0351. The first-order valence-electron chi connectivity index (χ1n) is 8.79. The number of primary amides is 1. The van der Waals surface area contributed by atoms with Crippen LogP contribution in [0.4, 0.5) is 4.79 Å². The second kappa shape index (κ2) is 7.69. The third-order valence-corrected chi connectivity index (χ3v) is 5.27. The van der Waals surface area contributed by atoms with Gasteiger partial charge in [-0.3, -0.25) is 14.4 Å². The van der Waals surface area contributed by atoms with Crippen LogP contribution in [0.15, 0.2) is 34.3 Å². The number of hydrogen-bond donors (Lipinski definition) is 2. The minimum Gasteiger partial charge on any atom is -0.463 e. The largest absolute Gasteiger partial charge is 0.463 e. The molecule has 1 unspecified atom stereocenters. The van der Waals surface area contributed by atoms with Gasteiger partial charge in [-0.25, -0.2) is 18.2 Å². The average Bonchev–Trinajstić information content (AvgIpc) is 2.83. The zero-order valence-electron chi connectivity index (χ0n) is 17.2. The van der Waals surface area contributed by atoms with Crippen LogP contribution in [0.2, 0.25) is 0 Å². The SMILES string of the molecule is CC(C)(C)ON(C(=O)O)C1(C)C(=O)N(CC(N)=O)N=C1c1ccc(S(C)(=O)=O)cc1. The van der Waals surface area contributed by atoms with E-state index in [1.165, 1.54) is 31.2 Å². The predicted octanol–water partition coefficient (Wildman–Crippen LogP) is 0.591. The highest BCUT2D eigenvalue weighted by molar-refractivity contribution is 7.90. The van der Waals surface area contributed by atoms with Gasteiger partial charge in [-0.15, -0.1) is 0 Å². The van der Waals surface area contributed by atoms with Crippen LogP contribution in [0, 0.1) is 0 Å². The van der Waals surface area contributed by atoms with Gasteiger partial charge in [0.05, 0.1) is 10.5 Å². The third-order valence-electron chi connectivity index (χ3n) is 4.14. The molecule has 0 bridgehead atoms. The number of nitrogens with zero attached hydrogens (tertiary/aromatic N) is 3. The predicted molar refractivity (Wildman–Crippen MR) is 106 cm³/mol. The molecule has 1 aliphatic rings. The summed E-state index contributed by atoms with van der Waals surface area (Å²) in [6.07, 6.45) is -0.511. The van der Waals surface area contributed by atoms with Gasteiger partial charge in [0.2, 0.25) is 5.91 Å². The standard InChI is InChI=1S/C18H24N4O7S/c1-17(2,3)29-22(16(25)26)18(4)14(20-21(15(18)24)10-13(19)23)11-6-8-12(9-7-11)30(5,27)28/h6-9H,10H2,1-5H3,(H2,19,23)(H,25,26). The van der Waals surface area contributed by atoms with Crippen LogP contribution in [0.25, 0.3) is 0 Å². The summed E-state index contributed by atoms with van der Waals surface area (Å²) in [5.74, 6) is -1.68. The molecule has 1 atom stereocenters. The molecule has 11 nitrogen and oxygen atoms in total. The van der Waals surface area contributed by atoms with E-state index in [0.29, 0.717) is 5.06 Å². The fourth-order valence-electron chi connectivity index (χ4n) is 2.85. The third kappa shape index (κ3) is 4.60. The number of carboxylic acid groups (broad SMARTS) is 1.